The molecule has 4 unspecified atom stereocenters. The van der Waals surface area contributed by atoms with Crippen molar-refractivity contribution in [2.24, 2.45) is 0 Å². The molecule has 1 fully saturated rings. The van der Waals surface area contributed by atoms with Gasteiger partial charge in [-0.2, -0.15) is 0 Å². The van der Waals surface area contributed by atoms with Crippen molar-refractivity contribution in [3.05, 3.63) is 35.4 Å². The molecule has 5 rings (SSSR count). The number of benzene rings is 1. The van der Waals surface area contributed by atoms with Crippen LogP contribution in [-0.4, -0.2) is 62.6 Å². The van der Waals surface area contributed by atoms with Crippen LogP contribution >= 0.6 is 11.6 Å². The van der Waals surface area contributed by atoms with Crippen LogP contribution in [-0.2, 0) is 21.3 Å². The summed E-state index contributed by atoms with van der Waals surface area (Å²) in [5.74, 6) is 0.563. The van der Waals surface area contributed by atoms with Gasteiger partial charge in [-0.05, 0) is 44.1 Å². The van der Waals surface area contributed by atoms with Crippen LogP contribution in [0, 0.1) is 0 Å². The Labute approximate surface area is 158 Å². The number of hydrogen-bond acceptors (Lipinski definition) is 5. The maximum Gasteiger partial charge on any atom is 0.226 e. The lowest BCUT2D eigenvalue weighted by molar-refractivity contribution is -0.241. The molecule has 0 saturated carbocycles. The first-order chi connectivity index (χ1) is 12.5. The Morgan fingerprint density at radius 2 is 1.96 bits per heavy atom. The van der Waals surface area contributed by atoms with Crippen LogP contribution in [0.15, 0.2) is 24.3 Å². The Morgan fingerprint density at radius 1 is 1.19 bits per heavy atom. The summed E-state index contributed by atoms with van der Waals surface area (Å²) in [5, 5.41) is 0. The van der Waals surface area contributed by atoms with Crippen molar-refractivity contribution in [1.29, 1.82) is 0 Å². The number of methoxy groups -OCH3 is 3. The monoisotopic (exact) mass is 377 g/mol. The van der Waals surface area contributed by atoms with E-state index in [0.29, 0.717) is 0 Å². The minimum Gasteiger partial charge on any atom is -0.493 e. The van der Waals surface area contributed by atoms with Gasteiger partial charge in [0.15, 0.2) is 17.6 Å². The average molecular weight is 378 g/mol. The zero-order chi connectivity index (χ0) is 18.3. The molecular weight excluding hydrogens is 354 g/mol. The second-order valence-corrected chi connectivity index (χ2v) is 8.41. The van der Waals surface area contributed by atoms with E-state index in [0.717, 1.165) is 30.9 Å². The van der Waals surface area contributed by atoms with Crippen molar-refractivity contribution in [2.45, 2.75) is 41.1 Å². The van der Waals surface area contributed by atoms with Crippen LogP contribution in [0.4, 0.5) is 0 Å². The van der Waals surface area contributed by atoms with Gasteiger partial charge in [-0.15, -0.1) is 11.6 Å². The molecule has 4 atom stereocenters. The maximum absolute atomic E-state index is 7.46. The maximum atomic E-state index is 7.46. The van der Waals surface area contributed by atoms with E-state index in [1.54, 1.807) is 21.3 Å². The normalized spacial score (nSPS) is 38.7. The summed E-state index contributed by atoms with van der Waals surface area (Å²) >= 11 is 7.46. The highest BCUT2D eigenvalue weighted by Crippen LogP contribution is 2.67. The number of halogens is 1. The second kappa shape index (κ2) is 5.16. The van der Waals surface area contributed by atoms with E-state index in [4.69, 9.17) is 30.5 Å². The Bertz CT molecular complexity index is 807. The molecule has 2 bridgehead atoms. The van der Waals surface area contributed by atoms with Crippen molar-refractivity contribution in [3.8, 4) is 11.5 Å². The van der Waals surface area contributed by atoms with Crippen LogP contribution < -0.4 is 9.47 Å². The Kier molecular flexibility index (Phi) is 3.35. The molecule has 2 aliphatic carbocycles. The van der Waals surface area contributed by atoms with Crippen LogP contribution in [0.5, 0.6) is 11.5 Å². The Hall–Kier alpha value is -1.27. The van der Waals surface area contributed by atoms with Gasteiger partial charge in [0.25, 0.3) is 0 Å². The van der Waals surface area contributed by atoms with Crippen LogP contribution in [0.3, 0.4) is 0 Å². The fraction of sp³-hybridized carbons (Fsp3) is 0.600. The number of alkyl halides is 1. The topological polar surface area (TPSA) is 40.2 Å². The lowest BCUT2D eigenvalue weighted by Crippen LogP contribution is -2.75. The molecule has 1 aromatic rings. The van der Waals surface area contributed by atoms with E-state index in [-0.39, 0.29) is 12.1 Å². The summed E-state index contributed by atoms with van der Waals surface area (Å²) in [4.78, 5) is 1.80. The predicted octanol–water partition coefficient (Wildman–Crippen LogP) is 2.49. The van der Waals surface area contributed by atoms with Crippen LogP contribution in [0.25, 0.3) is 0 Å². The second-order valence-electron chi connectivity index (χ2n) is 7.78. The Morgan fingerprint density at radius 3 is 2.65 bits per heavy atom. The van der Waals surface area contributed by atoms with E-state index >= 15 is 0 Å². The predicted molar refractivity (Wildman–Crippen MR) is 98.3 cm³/mol. The molecule has 2 heterocycles. The molecule has 140 valence electrons. The summed E-state index contributed by atoms with van der Waals surface area (Å²) in [7, 11) is 7.15. The number of piperidine rings is 1. The highest BCUT2D eigenvalue weighted by molar-refractivity contribution is 6.27. The molecule has 4 aliphatic rings. The number of rotatable bonds is 3. The van der Waals surface area contributed by atoms with Gasteiger partial charge in [-0.3, -0.25) is 0 Å². The molecule has 1 saturated heterocycles. The lowest BCUT2D eigenvalue weighted by atomic mass is 9.52. The van der Waals surface area contributed by atoms with Crippen molar-refractivity contribution in [2.75, 3.05) is 34.9 Å². The fourth-order valence-electron chi connectivity index (χ4n) is 5.81. The van der Waals surface area contributed by atoms with Gasteiger partial charge in [0.1, 0.15) is 0 Å². The summed E-state index contributed by atoms with van der Waals surface area (Å²) in [5.41, 5.74) is 2.06. The van der Waals surface area contributed by atoms with E-state index in [1.165, 1.54) is 11.1 Å². The standard InChI is InChI=1S/C20H24ClNO4/c1-22-10-9-18-15-12-5-6-13(23-2)16(15)26-17(18)20(24-3,25-4)8-7-19(18,21)14(22)11-12/h5-8,14,17H,9-11H2,1-4H3. The third kappa shape index (κ3) is 1.61. The summed E-state index contributed by atoms with van der Waals surface area (Å²) < 4.78 is 23.9. The third-order valence-corrected chi connectivity index (χ3v) is 7.81. The molecular formula is C20H24ClNO4. The Balaban J connectivity index is 1.86. The number of likely N-dealkylation sites (N-methyl/N-ethyl adjacent to an activating group) is 1. The van der Waals surface area contributed by atoms with Crippen molar-refractivity contribution >= 4 is 11.6 Å². The molecule has 2 aliphatic heterocycles. The van der Waals surface area contributed by atoms with Gasteiger partial charge in [0.2, 0.25) is 5.79 Å². The summed E-state index contributed by atoms with van der Waals surface area (Å²) in [6, 6.07) is 4.35. The largest absolute Gasteiger partial charge is 0.493 e. The van der Waals surface area contributed by atoms with Crippen molar-refractivity contribution in [1.82, 2.24) is 4.90 Å². The van der Waals surface area contributed by atoms with Crippen molar-refractivity contribution < 1.29 is 18.9 Å². The minimum absolute atomic E-state index is 0.193. The molecule has 0 aromatic heterocycles. The highest BCUT2D eigenvalue weighted by atomic mass is 35.5. The van der Waals surface area contributed by atoms with Gasteiger partial charge in [-0.1, -0.05) is 12.1 Å². The van der Waals surface area contributed by atoms with Gasteiger partial charge in [0.05, 0.1) is 17.4 Å². The molecule has 1 spiro atoms. The van der Waals surface area contributed by atoms with Gasteiger partial charge in [-0.25, -0.2) is 0 Å². The SMILES string of the molecule is COc1ccc2c3c1OC1C(OC)(OC)C=CC4(Cl)C(C2)N(C)CCC314. The average Bonchev–Trinajstić information content (AvgIpc) is 3.01. The van der Waals surface area contributed by atoms with E-state index in [9.17, 15) is 0 Å². The summed E-state index contributed by atoms with van der Waals surface area (Å²) in [6.45, 7) is 0.951. The van der Waals surface area contributed by atoms with Gasteiger partial charge >= 0.3 is 0 Å². The van der Waals surface area contributed by atoms with Crippen molar-refractivity contribution in [3.63, 3.8) is 0 Å². The molecule has 0 amide bonds. The molecule has 6 heteroatoms. The quantitative estimate of drug-likeness (QED) is 0.460. The first kappa shape index (κ1) is 16.9. The van der Waals surface area contributed by atoms with Gasteiger partial charge < -0.3 is 23.8 Å². The zero-order valence-corrected chi connectivity index (χ0v) is 16.3. The zero-order valence-electron chi connectivity index (χ0n) is 15.5. The van der Waals surface area contributed by atoms with Crippen LogP contribution in [0.1, 0.15) is 17.5 Å². The lowest BCUT2D eigenvalue weighted by Gasteiger charge is -2.62. The van der Waals surface area contributed by atoms with E-state index < -0.39 is 16.1 Å². The first-order valence-corrected chi connectivity index (χ1v) is 9.42. The number of nitrogens with zero attached hydrogens (tertiary/aromatic N) is 1. The molecule has 1 aromatic carbocycles. The van der Waals surface area contributed by atoms with E-state index in [2.05, 4.69) is 24.1 Å². The first-order valence-electron chi connectivity index (χ1n) is 9.04. The fourth-order valence-corrected chi connectivity index (χ4v) is 6.41. The minimum atomic E-state index is -0.975. The summed E-state index contributed by atoms with van der Waals surface area (Å²) in [6.07, 6.45) is 5.44. The third-order valence-electron chi connectivity index (χ3n) is 7.09. The van der Waals surface area contributed by atoms with Gasteiger partial charge in [0, 0.05) is 25.8 Å². The van der Waals surface area contributed by atoms with E-state index in [1.807, 2.05) is 12.1 Å². The van der Waals surface area contributed by atoms with Crippen LogP contribution in [0.2, 0.25) is 0 Å². The highest BCUT2D eigenvalue weighted by Gasteiger charge is 2.74. The molecule has 0 radical (unpaired) electrons. The molecule has 26 heavy (non-hydrogen) atoms. The number of ether oxygens (including phenoxy) is 4. The molecule has 5 nitrogen and oxygen atoms in total. The number of hydrogen-bond donors (Lipinski definition) is 0. The smallest absolute Gasteiger partial charge is 0.226 e. The number of likely N-dealkylation sites (tertiary alicyclic amines) is 1. The molecule has 0 N–H and O–H groups in total.